The molecule has 24 heavy (non-hydrogen) atoms. The van der Waals surface area contributed by atoms with E-state index in [4.69, 9.17) is 9.47 Å². The summed E-state index contributed by atoms with van der Waals surface area (Å²) in [7, 11) is 0. The summed E-state index contributed by atoms with van der Waals surface area (Å²) in [6.07, 6.45) is 4.85. The molecule has 0 atom stereocenters. The Hall–Kier alpha value is -2.24. The Balaban J connectivity index is 1.52. The Morgan fingerprint density at radius 1 is 1.21 bits per heavy atom. The Bertz CT molecular complexity index is 611. The summed E-state index contributed by atoms with van der Waals surface area (Å²) in [6, 6.07) is 5.97. The molecule has 1 aromatic carbocycles. The van der Waals surface area contributed by atoms with E-state index >= 15 is 0 Å². The minimum Gasteiger partial charge on any atom is -0.454 e. The highest BCUT2D eigenvalue weighted by molar-refractivity contribution is 5.78. The maximum absolute atomic E-state index is 12.0. The largest absolute Gasteiger partial charge is 0.454 e. The minimum atomic E-state index is -0.0404. The van der Waals surface area contributed by atoms with Crippen molar-refractivity contribution < 1.29 is 19.1 Å². The van der Waals surface area contributed by atoms with Crippen LogP contribution >= 0.6 is 0 Å². The van der Waals surface area contributed by atoms with Crippen LogP contribution in [0.1, 0.15) is 44.6 Å². The van der Waals surface area contributed by atoms with Crippen LogP contribution in [-0.4, -0.2) is 36.1 Å². The summed E-state index contributed by atoms with van der Waals surface area (Å²) >= 11 is 0. The molecule has 1 aromatic rings. The van der Waals surface area contributed by atoms with Gasteiger partial charge in [-0.15, -0.1) is 0 Å². The molecule has 0 radical (unpaired) electrons. The molecule has 3 rings (SSSR count). The fraction of sp³-hybridized carbons (Fsp3) is 0.556. The van der Waals surface area contributed by atoms with E-state index < -0.39 is 0 Å². The first-order valence-corrected chi connectivity index (χ1v) is 8.55. The number of benzene rings is 1. The number of amides is 2. The zero-order valence-electron chi connectivity index (χ0n) is 14.0. The van der Waals surface area contributed by atoms with E-state index in [0.717, 1.165) is 24.2 Å². The van der Waals surface area contributed by atoms with Crippen LogP contribution in [0.4, 0.5) is 0 Å². The van der Waals surface area contributed by atoms with E-state index in [9.17, 15) is 9.59 Å². The molecule has 0 spiro atoms. The predicted molar refractivity (Wildman–Crippen MR) is 88.7 cm³/mol. The SMILES string of the molecule is CC(=O)N(CCC(=O)NC1CCCC1)Cc1ccc2c(c1)OCO2. The number of ether oxygens (including phenoxy) is 2. The van der Waals surface area contributed by atoms with Gasteiger partial charge in [-0.3, -0.25) is 9.59 Å². The van der Waals surface area contributed by atoms with Crippen molar-refractivity contribution in [3.63, 3.8) is 0 Å². The van der Waals surface area contributed by atoms with Crippen LogP contribution in [0.2, 0.25) is 0 Å². The van der Waals surface area contributed by atoms with Gasteiger partial charge in [0.25, 0.3) is 0 Å². The molecule has 1 heterocycles. The zero-order valence-corrected chi connectivity index (χ0v) is 14.0. The van der Waals surface area contributed by atoms with E-state index in [0.29, 0.717) is 31.3 Å². The minimum absolute atomic E-state index is 0.0267. The van der Waals surface area contributed by atoms with Crippen LogP contribution < -0.4 is 14.8 Å². The van der Waals surface area contributed by atoms with Gasteiger partial charge in [-0.2, -0.15) is 0 Å². The third kappa shape index (κ3) is 4.19. The highest BCUT2D eigenvalue weighted by Crippen LogP contribution is 2.32. The van der Waals surface area contributed by atoms with Crippen molar-refractivity contribution in [1.29, 1.82) is 0 Å². The summed E-state index contributed by atoms with van der Waals surface area (Å²) in [4.78, 5) is 25.6. The molecule has 1 aliphatic heterocycles. The molecular formula is C18H24N2O4. The molecule has 0 unspecified atom stereocenters. The molecule has 1 fully saturated rings. The lowest BCUT2D eigenvalue weighted by Gasteiger charge is -2.21. The van der Waals surface area contributed by atoms with Gasteiger partial charge in [0.2, 0.25) is 18.6 Å². The monoisotopic (exact) mass is 332 g/mol. The molecule has 2 aliphatic rings. The molecule has 0 aromatic heterocycles. The van der Waals surface area contributed by atoms with Crippen molar-refractivity contribution in [2.75, 3.05) is 13.3 Å². The second-order valence-electron chi connectivity index (χ2n) is 6.43. The van der Waals surface area contributed by atoms with Gasteiger partial charge in [-0.05, 0) is 30.5 Å². The highest BCUT2D eigenvalue weighted by Gasteiger charge is 2.19. The van der Waals surface area contributed by atoms with Crippen molar-refractivity contribution in [2.24, 2.45) is 0 Å². The van der Waals surface area contributed by atoms with E-state index in [1.165, 1.54) is 19.8 Å². The van der Waals surface area contributed by atoms with Crippen molar-refractivity contribution >= 4 is 11.8 Å². The number of nitrogens with one attached hydrogen (secondary N) is 1. The number of fused-ring (bicyclic) bond motifs is 1. The lowest BCUT2D eigenvalue weighted by Crippen LogP contribution is -2.36. The average Bonchev–Trinajstić information content (AvgIpc) is 3.21. The van der Waals surface area contributed by atoms with Crippen LogP contribution in [-0.2, 0) is 16.1 Å². The summed E-state index contributed by atoms with van der Waals surface area (Å²) < 4.78 is 10.7. The van der Waals surface area contributed by atoms with Crippen LogP contribution in [0.5, 0.6) is 11.5 Å². The fourth-order valence-corrected chi connectivity index (χ4v) is 3.21. The van der Waals surface area contributed by atoms with Gasteiger partial charge in [0.05, 0.1) is 0 Å². The standard InChI is InChI=1S/C18H24N2O4/c1-13(21)20(9-8-18(22)19-15-4-2-3-5-15)11-14-6-7-16-17(10-14)24-12-23-16/h6-7,10,15H,2-5,8-9,11-12H2,1H3,(H,19,22). The molecule has 1 aliphatic carbocycles. The Labute approximate surface area is 142 Å². The number of carbonyl (C=O) groups is 2. The van der Waals surface area contributed by atoms with Crippen LogP contribution in [0, 0.1) is 0 Å². The van der Waals surface area contributed by atoms with Crippen molar-refractivity contribution in [2.45, 2.75) is 51.6 Å². The summed E-state index contributed by atoms with van der Waals surface area (Å²) in [5, 5.41) is 3.06. The number of hydrogen-bond donors (Lipinski definition) is 1. The Kier molecular flexibility index (Phi) is 5.23. The van der Waals surface area contributed by atoms with Gasteiger partial charge in [-0.25, -0.2) is 0 Å². The highest BCUT2D eigenvalue weighted by atomic mass is 16.7. The molecule has 1 N–H and O–H groups in total. The van der Waals surface area contributed by atoms with Crippen molar-refractivity contribution in [3.05, 3.63) is 23.8 Å². The van der Waals surface area contributed by atoms with Gasteiger partial charge in [0.15, 0.2) is 11.5 Å². The van der Waals surface area contributed by atoms with Gasteiger partial charge in [-0.1, -0.05) is 18.9 Å². The lowest BCUT2D eigenvalue weighted by molar-refractivity contribution is -0.130. The van der Waals surface area contributed by atoms with Crippen LogP contribution in [0.3, 0.4) is 0 Å². The Morgan fingerprint density at radius 3 is 2.71 bits per heavy atom. The first kappa shape index (κ1) is 16.6. The molecule has 130 valence electrons. The summed E-state index contributed by atoms with van der Waals surface area (Å²) in [5.41, 5.74) is 0.964. The van der Waals surface area contributed by atoms with Gasteiger partial charge >= 0.3 is 0 Å². The maximum atomic E-state index is 12.0. The van der Waals surface area contributed by atoms with Gasteiger partial charge < -0.3 is 19.7 Å². The second-order valence-corrected chi connectivity index (χ2v) is 6.43. The fourth-order valence-electron chi connectivity index (χ4n) is 3.21. The van der Waals surface area contributed by atoms with Crippen molar-refractivity contribution in [1.82, 2.24) is 10.2 Å². The normalized spacial score (nSPS) is 16.2. The molecular weight excluding hydrogens is 308 g/mol. The predicted octanol–water partition coefficient (Wildman–Crippen LogP) is 2.21. The number of rotatable bonds is 6. The molecule has 6 nitrogen and oxygen atoms in total. The quantitative estimate of drug-likeness (QED) is 0.867. The van der Waals surface area contributed by atoms with Crippen molar-refractivity contribution in [3.8, 4) is 11.5 Å². The molecule has 2 amide bonds. The molecule has 1 saturated carbocycles. The molecule has 6 heteroatoms. The van der Waals surface area contributed by atoms with Gasteiger partial charge in [0, 0.05) is 32.5 Å². The first-order valence-electron chi connectivity index (χ1n) is 8.55. The van der Waals surface area contributed by atoms with Crippen LogP contribution in [0.25, 0.3) is 0 Å². The third-order valence-electron chi connectivity index (χ3n) is 4.58. The smallest absolute Gasteiger partial charge is 0.231 e. The molecule has 0 bridgehead atoms. The zero-order chi connectivity index (χ0) is 16.9. The number of hydrogen-bond acceptors (Lipinski definition) is 4. The van der Waals surface area contributed by atoms with E-state index in [2.05, 4.69) is 5.32 Å². The molecule has 0 saturated heterocycles. The van der Waals surface area contributed by atoms with E-state index in [1.54, 1.807) is 4.90 Å². The number of carbonyl (C=O) groups excluding carboxylic acids is 2. The average molecular weight is 332 g/mol. The Morgan fingerprint density at radius 2 is 1.96 bits per heavy atom. The first-order chi connectivity index (χ1) is 11.6. The summed E-state index contributed by atoms with van der Waals surface area (Å²) in [5.74, 6) is 1.42. The maximum Gasteiger partial charge on any atom is 0.231 e. The van der Waals surface area contributed by atoms with E-state index in [-0.39, 0.29) is 18.6 Å². The second kappa shape index (κ2) is 7.55. The van der Waals surface area contributed by atoms with E-state index in [1.807, 2.05) is 18.2 Å². The van der Waals surface area contributed by atoms with Gasteiger partial charge in [0.1, 0.15) is 0 Å². The van der Waals surface area contributed by atoms with Crippen LogP contribution in [0.15, 0.2) is 18.2 Å². The summed E-state index contributed by atoms with van der Waals surface area (Å²) in [6.45, 7) is 2.64. The topological polar surface area (TPSA) is 67.9 Å². The third-order valence-corrected chi connectivity index (χ3v) is 4.58. The number of nitrogens with zero attached hydrogens (tertiary/aromatic N) is 1. The lowest BCUT2D eigenvalue weighted by atomic mass is 10.2.